The Balaban J connectivity index is 1.35. The minimum absolute atomic E-state index is 0.130. The zero-order valence-corrected chi connectivity index (χ0v) is 18.0. The van der Waals surface area contributed by atoms with E-state index in [0.29, 0.717) is 35.5 Å². The summed E-state index contributed by atoms with van der Waals surface area (Å²) in [7, 11) is 0. The second kappa shape index (κ2) is 8.48. The number of benzene rings is 1. The molecule has 0 spiro atoms. The monoisotopic (exact) mass is 447 g/mol. The Morgan fingerprint density at radius 1 is 1.41 bits per heavy atom. The smallest absolute Gasteiger partial charge is 0.323 e. The number of nitrogens with zero attached hydrogens (tertiary/aromatic N) is 3. The van der Waals surface area contributed by atoms with Gasteiger partial charge in [0.05, 0.1) is 12.1 Å². The number of amides is 3. The van der Waals surface area contributed by atoms with Gasteiger partial charge in [0.25, 0.3) is 0 Å². The number of rotatable bonds is 6. The number of aromatic nitrogens is 2. The van der Waals surface area contributed by atoms with Gasteiger partial charge in [0, 0.05) is 41.0 Å². The van der Waals surface area contributed by atoms with Crippen LogP contribution in [0.5, 0.6) is 0 Å². The fourth-order valence-electron chi connectivity index (χ4n) is 2.96. The van der Waals surface area contributed by atoms with E-state index in [1.807, 2.05) is 25.1 Å². The SMILES string of the molecule is Cc1cccc(Cc2cnc(NC(=O)Cc3csc(N4CCNC4=O)n3)s2)c1Cl. The molecule has 0 atom stereocenters. The van der Waals surface area contributed by atoms with E-state index in [1.165, 1.54) is 22.7 Å². The molecule has 2 N–H and O–H groups in total. The minimum atomic E-state index is -0.192. The van der Waals surface area contributed by atoms with Crippen molar-refractivity contribution in [3.05, 3.63) is 56.5 Å². The number of halogens is 1. The maximum absolute atomic E-state index is 12.3. The molecular weight excluding hydrogens is 430 g/mol. The van der Waals surface area contributed by atoms with Crippen molar-refractivity contribution in [1.82, 2.24) is 15.3 Å². The normalized spacial score (nSPS) is 13.6. The number of thiazole rings is 2. The van der Waals surface area contributed by atoms with Gasteiger partial charge in [0.1, 0.15) is 0 Å². The van der Waals surface area contributed by atoms with Crippen molar-refractivity contribution in [2.24, 2.45) is 0 Å². The summed E-state index contributed by atoms with van der Waals surface area (Å²) in [5.74, 6) is -0.192. The van der Waals surface area contributed by atoms with Crippen LogP contribution in [0.25, 0.3) is 0 Å². The molecule has 7 nitrogen and oxygen atoms in total. The average Bonchev–Trinajstić information content (AvgIpc) is 3.41. The van der Waals surface area contributed by atoms with Crippen LogP contribution in [-0.4, -0.2) is 35.0 Å². The molecule has 2 aromatic heterocycles. The lowest BCUT2D eigenvalue weighted by atomic mass is 10.1. The molecule has 1 fully saturated rings. The van der Waals surface area contributed by atoms with E-state index in [4.69, 9.17) is 11.6 Å². The van der Waals surface area contributed by atoms with Crippen molar-refractivity contribution in [1.29, 1.82) is 0 Å². The number of aryl methyl sites for hydroxylation is 1. The van der Waals surface area contributed by atoms with E-state index in [0.717, 1.165) is 21.0 Å². The van der Waals surface area contributed by atoms with Crippen LogP contribution < -0.4 is 15.5 Å². The van der Waals surface area contributed by atoms with Crippen LogP contribution >= 0.6 is 34.3 Å². The number of carbonyl (C=O) groups is 2. The molecule has 4 rings (SSSR count). The van der Waals surface area contributed by atoms with E-state index in [2.05, 4.69) is 20.6 Å². The summed E-state index contributed by atoms with van der Waals surface area (Å²) in [5, 5.41) is 9.26. The van der Waals surface area contributed by atoms with E-state index in [9.17, 15) is 9.59 Å². The molecule has 1 aromatic carbocycles. The van der Waals surface area contributed by atoms with Crippen molar-refractivity contribution in [2.75, 3.05) is 23.3 Å². The van der Waals surface area contributed by atoms with Crippen molar-refractivity contribution < 1.29 is 9.59 Å². The number of urea groups is 1. The lowest BCUT2D eigenvalue weighted by Crippen LogP contribution is -2.27. The summed E-state index contributed by atoms with van der Waals surface area (Å²) in [4.78, 5) is 35.3. The van der Waals surface area contributed by atoms with Crippen molar-refractivity contribution >= 4 is 56.5 Å². The Bertz CT molecular complexity index is 1060. The highest BCUT2D eigenvalue weighted by molar-refractivity contribution is 7.15. The third kappa shape index (κ3) is 4.58. The molecule has 3 heterocycles. The summed E-state index contributed by atoms with van der Waals surface area (Å²) < 4.78 is 0. The summed E-state index contributed by atoms with van der Waals surface area (Å²) in [6.07, 6.45) is 2.55. The molecule has 0 aliphatic carbocycles. The Kier molecular flexibility index (Phi) is 5.79. The van der Waals surface area contributed by atoms with Crippen LogP contribution in [-0.2, 0) is 17.6 Å². The van der Waals surface area contributed by atoms with Crippen LogP contribution in [0, 0.1) is 6.92 Å². The van der Waals surface area contributed by atoms with Crippen molar-refractivity contribution in [3.63, 3.8) is 0 Å². The highest BCUT2D eigenvalue weighted by Gasteiger charge is 2.24. The Labute approximate surface area is 180 Å². The fourth-order valence-corrected chi connectivity index (χ4v) is 4.86. The first kappa shape index (κ1) is 19.8. The molecule has 1 saturated heterocycles. The first-order valence-corrected chi connectivity index (χ1v) is 11.1. The summed E-state index contributed by atoms with van der Waals surface area (Å²) >= 11 is 9.14. The predicted octanol–water partition coefficient (Wildman–Crippen LogP) is 3.86. The number of hydrogen-bond donors (Lipinski definition) is 2. The van der Waals surface area contributed by atoms with E-state index in [-0.39, 0.29) is 18.4 Å². The van der Waals surface area contributed by atoms with E-state index in [1.54, 1.807) is 16.5 Å². The second-order valence-corrected chi connectivity index (χ2v) is 8.92. The molecule has 0 bridgehead atoms. The van der Waals surface area contributed by atoms with Crippen LogP contribution in [0.4, 0.5) is 15.1 Å². The van der Waals surface area contributed by atoms with Gasteiger partial charge in [-0.1, -0.05) is 29.8 Å². The van der Waals surface area contributed by atoms with Crippen LogP contribution in [0.3, 0.4) is 0 Å². The predicted molar refractivity (Wildman–Crippen MR) is 116 cm³/mol. The topological polar surface area (TPSA) is 87.2 Å². The van der Waals surface area contributed by atoms with Crippen molar-refractivity contribution in [2.45, 2.75) is 19.8 Å². The largest absolute Gasteiger partial charge is 0.336 e. The number of hydrogen-bond acceptors (Lipinski definition) is 6. The van der Waals surface area contributed by atoms with Gasteiger partial charge in [-0.2, -0.15) is 0 Å². The zero-order chi connectivity index (χ0) is 20.4. The Morgan fingerprint density at radius 2 is 2.28 bits per heavy atom. The third-order valence-corrected chi connectivity index (χ3v) is 6.77. The summed E-state index contributed by atoms with van der Waals surface area (Å²) in [6.45, 7) is 3.17. The molecular formula is C19H18ClN5O2S2. The van der Waals surface area contributed by atoms with Gasteiger partial charge in [-0.15, -0.1) is 22.7 Å². The molecule has 0 saturated carbocycles. The van der Waals surface area contributed by atoms with Gasteiger partial charge in [-0.05, 0) is 18.1 Å². The quantitative estimate of drug-likeness (QED) is 0.600. The van der Waals surface area contributed by atoms with Gasteiger partial charge < -0.3 is 10.6 Å². The maximum Gasteiger partial charge on any atom is 0.323 e. The molecule has 150 valence electrons. The number of anilines is 2. The molecule has 3 aromatic rings. The number of nitrogens with one attached hydrogen (secondary N) is 2. The zero-order valence-electron chi connectivity index (χ0n) is 15.6. The molecule has 0 unspecified atom stereocenters. The highest BCUT2D eigenvalue weighted by Crippen LogP contribution is 2.27. The van der Waals surface area contributed by atoms with Crippen LogP contribution in [0.15, 0.2) is 29.8 Å². The lowest BCUT2D eigenvalue weighted by molar-refractivity contribution is -0.115. The standard InChI is InChI=1S/C19H18ClN5O2S2/c1-11-3-2-4-12(16(11)20)7-14-9-22-17(29-14)24-15(26)8-13-10-28-19(23-13)25-6-5-21-18(25)27/h2-4,9-10H,5-8H2,1H3,(H,21,27)(H,22,24,26). The molecule has 10 heteroatoms. The summed E-state index contributed by atoms with van der Waals surface area (Å²) in [6, 6.07) is 5.80. The van der Waals surface area contributed by atoms with E-state index < -0.39 is 0 Å². The maximum atomic E-state index is 12.3. The summed E-state index contributed by atoms with van der Waals surface area (Å²) in [5.41, 5.74) is 2.70. The Hall–Kier alpha value is -2.49. The minimum Gasteiger partial charge on any atom is -0.336 e. The third-order valence-electron chi connectivity index (χ3n) is 4.41. The lowest BCUT2D eigenvalue weighted by Gasteiger charge is -2.08. The molecule has 3 amide bonds. The second-order valence-electron chi connectivity index (χ2n) is 6.59. The molecule has 1 aliphatic heterocycles. The van der Waals surface area contributed by atoms with Gasteiger partial charge in [0.15, 0.2) is 10.3 Å². The van der Waals surface area contributed by atoms with Gasteiger partial charge >= 0.3 is 6.03 Å². The Morgan fingerprint density at radius 3 is 3.07 bits per heavy atom. The first-order chi connectivity index (χ1) is 14.0. The average molecular weight is 448 g/mol. The molecule has 1 aliphatic rings. The first-order valence-electron chi connectivity index (χ1n) is 8.98. The molecule has 0 radical (unpaired) electrons. The van der Waals surface area contributed by atoms with Crippen molar-refractivity contribution in [3.8, 4) is 0 Å². The molecule has 29 heavy (non-hydrogen) atoms. The van der Waals surface area contributed by atoms with Crippen LogP contribution in [0.2, 0.25) is 5.02 Å². The van der Waals surface area contributed by atoms with Crippen LogP contribution in [0.1, 0.15) is 21.7 Å². The highest BCUT2D eigenvalue weighted by atomic mass is 35.5. The fraction of sp³-hybridized carbons (Fsp3) is 0.263. The van der Waals surface area contributed by atoms with E-state index >= 15 is 0 Å². The van der Waals surface area contributed by atoms with Gasteiger partial charge in [-0.25, -0.2) is 14.8 Å². The van der Waals surface area contributed by atoms with Gasteiger partial charge in [-0.3, -0.25) is 9.69 Å². The number of carbonyl (C=O) groups excluding carboxylic acids is 2. The van der Waals surface area contributed by atoms with Gasteiger partial charge in [0.2, 0.25) is 5.91 Å².